The highest BCUT2D eigenvalue weighted by molar-refractivity contribution is 6.30. The van der Waals surface area contributed by atoms with Crippen LogP contribution in [0, 0.1) is 11.7 Å². The van der Waals surface area contributed by atoms with Crippen LogP contribution in [0.2, 0.25) is 5.02 Å². The Kier molecular flexibility index (Phi) is 7.03. The number of piperazine rings is 1. The summed E-state index contributed by atoms with van der Waals surface area (Å²) in [5.41, 5.74) is 1.99. The van der Waals surface area contributed by atoms with E-state index in [9.17, 15) is 9.18 Å². The summed E-state index contributed by atoms with van der Waals surface area (Å²) < 4.78 is 14.0. The van der Waals surface area contributed by atoms with Crippen LogP contribution in [0.25, 0.3) is 0 Å². The van der Waals surface area contributed by atoms with E-state index in [2.05, 4.69) is 34.1 Å². The molecule has 0 aromatic heterocycles. The summed E-state index contributed by atoms with van der Waals surface area (Å²) in [6, 6.07) is 15.3. The molecule has 2 fully saturated rings. The molecule has 2 heterocycles. The molecular weight excluding hydrogens is 401 g/mol. The second kappa shape index (κ2) is 9.90. The number of likely N-dealkylation sites (tertiary alicyclic amines) is 1. The molecule has 0 atom stereocenters. The van der Waals surface area contributed by atoms with Crippen LogP contribution in [-0.2, 0) is 17.9 Å². The number of hydrogen-bond acceptors (Lipinski definition) is 3. The van der Waals surface area contributed by atoms with Crippen molar-refractivity contribution in [3.63, 3.8) is 0 Å². The standard InChI is InChI=1S/C24H29ClFN3O/c25-22-7-6-21(23(26)16-22)18-27-10-8-20(9-11-27)24(30)29-14-12-28(13-15-29)17-19-4-2-1-3-5-19/h1-7,16,20H,8-15,17-18H2. The van der Waals surface area contributed by atoms with Gasteiger partial charge in [0.2, 0.25) is 5.91 Å². The summed E-state index contributed by atoms with van der Waals surface area (Å²) in [7, 11) is 0. The van der Waals surface area contributed by atoms with E-state index < -0.39 is 0 Å². The molecule has 0 N–H and O–H groups in total. The molecule has 0 spiro atoms. The Balaban J connectivity index is 1.22. The van der Waals surface area contributed by atoms with Gasteiger partial charge < -0.3 is 4.90 Å². The molecule has 4 nitrogen and oxygen atoms in total. The number of carbonyl (C=O) groups is 1. The van der Waals surface area contributed by atoms with E-state index >= 15 is 0 Å². The summed E-state index contributed by atoms with van der Waals surface area (Å²) in [4.78, 5) is 19.7. The predicted molar refractivity (Wildman–Crippen MR) is 118 cm³/mol. The van der Waals surface area contributed by atoms with Gasteiger partial charge in [0, 0.05) is 55.8 Å². The molecule has 1 amide bonds. The van der Waals surface area contributed by atoms with Gasteiger partial charge in [0.25, 0.3) is 0 Å². The molecule has 2 saturated heterocycles. The summed E-state index contributed by atoms with van der Waals surface area (Å²) in [5, 5.41) is 0.421. The van der Waals surface area contributed by atoms with Gasteiger partial charge in [-0.15, -0.1) is 0 Å². The lowest BCUT2D eigenvalue weighted by molar-refractivity contribution is -0.139. The summed E-state index contributed by atoms with van der Waals surface area (Å²) >= 11 is 5.84. The number of piperidine rings is 1. The maximum Gasteiger partial charge on any atom is 0.225 e. The Morgan fingerprint density at radius 1 is 0.900 bits per heavy atom. The van der Waals surface area contributed by atoms with Crippen LogP contribution in [-0.4, -0.2) is 59.9 Å². The van der Waals surface area contributed by atoms with Crippen molar-refractivity contribution in [2.45, 2.75) is 25.9 Å². The molecule has 0 unspecified atom stereocenters. The largest absolute Gasteiger partial charge is 0.340 e. The van der Waals surface area contributed by atoms with Crippen LogP contribution in [0.1, 0.15) is 24.0 Å². The minimum absolute atomic E-state index is 0.0944. The Labute approximate surface area is 183 Å². The third-order valence-electron chi connectivity index (χ3n) is 6.28. The SMILES string of the molecule is O=C(C1CCN(Cc2ccc(Cl)cc2F)CC1)N1CCN(Cc2ccccc2)CC1. The first-order valence-corrected chi connectivity index (χ1v) is 11.2. The van der Waals surface area contributed by atoms with Gasteiger partial charge in [-0.1, -0.05) is 48.0 Å². The zero-order valence-corrected chi connectivity index (χ0v) is 18.0. The van der Waals surface area contributed by atoms with E-state index in [1.807, 2.05) is 11.0 Å². The Morgan fingerprint density at radius 3 is 2.23 bits per heavy atom. The lowest BCUT2D eigenvalue weighted by atomic mass is 9.94. The van der Waals surface area contributed by atoms with Gasteiger partial charge in [0.05, 0.1) is 0 Å². The van der Waals surface area contributed by atoms with E-state index in [-0.39, 0.29) is 11.7 Å². The maximum absolute atomic E-state index is 14.0. The molecular formula is C24H29ClFN3O. The first-order valence-electron chi connectivity index (χ1n) is 10.8. The van der Waals surface area contributed by atoms with Crippen molar-refractivity contribution < 1.29 is 9.18 Å². The molecule has 2 aromatic rings. The van der Waals surface area contributed by atoms with Crippen LogP contribution in [0.15, 0.2) is 48.5 Å². The van der Waals surface area contributed by atoms with Crippen LogP contribution >= 0.6 is 11.6 Å². The molecule has 0 radical (unpaired) electrons. The quantitative estimate of drug-likeness (QED) is 0.717. The number of halogens is 2. The smallest absolute Gasteiger partial charge is 0.225 e. The lowest BCUT2D eigenvalue weighted by Gasteiger charge is -2.38. The molecule has 2 aromatic carbocycles. The van der Waals surface area contributed by atoms with Crippen molar-refractivity contribution in [2.24, 2.45) is 5.92 Å². The fourth-order valence-electron chi connectivity index (χ4n) is 4.46. The molecule has 6 heteroatoms. The van der Waals surface area contributed by atoms with Gasteiger partial charge in [0.1, 0.15) is 5.82 Å². The average molecular weight is 430 g/mol. The van der Waals surface area contributed by atoms with Gasteiger partial charge in [-0.3, -0.25) is 14.6 Å². The van der Waals surface area contributed by atoms with Gasteiger partial charge in [-0.25, -0.2) is 4.39 Å². The van der Waals surface area contributed by atoms with Gasteiger partial charge in [-0.05, 0) is 43.6 Å². The molecule has 0 saturated carbocycles. The first kappa shape index (κ1) is 21.3. The molecule has 30 heavy (non-hydrogen) atoms. The van der Waals surface area contributed by atoms with Crippen molar-refractivity contribution in [2.75, 3.05) is 39.3 Å². The van der Waals surface area contributed by atoms with Crippen LogP contribution < -0.4 is 0 Å². The Bertz CT molecular complexity index is 847. The Morgan fingerprint density at radius 2 is 1.57 bits per heavy atom. The fourth-order valence-corrected chi connectivity index (χ4v) is 4.61. The zero-order valence-electron chi connectivity index (χ0n) is 17.3. The minimum atomic E-state index is -0.255. The van der Waals surface area contributed by atoms with Gasteiger partial charge >= 0.3 is 0 Å². The van der Waals surface area contributed by atoms with Crippen molar-refractivity contribution in [3.05, 3.63) is 70.5 Å². The fraction of sp³-hybridized carbons (Fsp3) is 0.458. The van der Waals surface area contributed by atoms with E-state index in [4.69, 9.17) is 11.6 Å². The van der Waals surface area contributed by atoms with Crippen LogP contribution in [0.3, 0.4) is 0 Å². The summed E-state index contributed by atoms with van der Waals surface area (Å²) in [5.74, 6) is 0.137. The van der Waals surface area contributed by atoms with Gasteiger partial charge in [0.15, 0.2) is 0 Å². The third kappa shape index (κ3) is 5.39. The highest BCUT2D eigenvalue weighted by Crippen LogP contribution is 2.23. The van der Waals surface area contributed by atoms with Crippen LogP contribution in [0.5, 0.6) is 0 Å². The highest BCUT2D eigenvalue weighted by atomic mass is 35.5. The number of hydrogen-bond donors (Lipinski definition) is 0. The van der Waals surface area contributed by atoms with Crippen molar-refractivity contribution in [1.82, 2.24) is 14.7 Å². The lowest BCUT2D eigenvalue weighted by Crippen LogP contribution is -2.51. The normalized spacial score (nSPS) is 19.2. The topological polar surface area (TPSA) is 26.8 Å². The minimum Gasteiger partial charge on any atom is -0.340 e. The number of carbonyl (C=O) groups excluding carboxylic acids is 1. The predicted octanol–water partition coefficient (Wildman–Crippen LogP) is 4.04. The number of benzene rings is 2. The molecule has 4 rings (SSSR count). The van der Waals surface area contributed by atoms with E-state index in [1.165, 1.54) is 11.6 Å². The van der Waals surface area contributed by atoms with E-state index in [0.717, 1.165) is 58.7 Å². The van der Waals surface area contributed by atoms with Crippen molar-refractivity contribution >= 4 is 17.5 Å². The highest BCUT2D eigenvalue weighted by Gasteiger charge is 2.30. The maximum atomic E-state index is 14.0. The van der Waals surface area contributed by atoms with E-state index in [1.54, 1.807) is 12.1 Å². The zero-order chi connectivity index (χ0) is 20.9. The third-order valence-corrected chi connectivity index (χ3v) is 6.51. The molecule has 160 valence electrons. The number of rotatable bonds is 5. The van der Waals surface area contributed by atoms with Gasteiger partial charge in [-0.2, -0.15) is 0 Å². The Hall–Kier alpha value is -1.95. The van der Waals surface area contributed by atoms with E-state index in [0.29, 0.717) is 23.0 Å². The second-order valence-electron chi connectivity index (χ2n) is 8.37. The number of nitrogens with zero attached hydrogens (tertiary/aromatic N) is 3. The van der Waals surface area contributed by atoms with Crippen molar-refractivity contribution in [3.8, 4) is 0 Å². The van der Waals surface area contributed by atoms with Crippen LogP contribution in [0.4, 0.5) is 4.39 Å². The first-order chi connectivity index (χ1) is 14.6. The molecule has 2 aliphatic rings. The number of amides is 1. The molecule has 0 bridgehead atoms. The summed E-state index contributed by atoms with van der Waals surface area (Å²) in [6.07, 6.45) is 1.69. The molecule has 2 aliphatic heterocycles. The van der Waals surface area contributed by atoms with Crippen molar-refractivity contribution in [1.29, 1.82) is 0 Å². The second-order valence-corrected chi connectivity index (χ2v) is 8.81. The monoisotopic (exact) mass is 429 g/mol. The average Bonchev–Trinajstić information content (AvgIpc) is 2.77. The summed E-state index contributed by atoms with van der Waals surface area (Å²) in [6.45, 7) is 6.64. The molecule has 0 aliphatic carbocycles.